The van der Waals surface area contributed by atoms with Gasteiger partial charge in [0.15, 0.2) is 23.0 Å². The van der Waals surface area contributed by atoms with Crippen molar-refractivity contribution in [2.45, 2.75) is 39.4 Å². The zero-order chi connectivity index (χ0) is 38.5. The molecule has 0 aliphatic heterocycles. The highest BCUT2D eigenvalue weighted by atomic mass is 16.6. The first-order valence-electron chi connectivity index (χ1n) is 15.0. The Hall–Kier alpha value is -6.98. The molecule has 0 bridgehead atoms. The van der Waals surface area contributed by atoms with Gasteiger partial charge in [0.1, 0.15) is 0 Å². The quantitative estimate of drug-likeness (QED) is 0.106. The third-order valence-electron chi connectivity index (χ3n) is 6.60. The molecule has 18 nitrogen and oxygen atoms in total. The lowest BCUT2D eigenvalue weighted by Gasteiger charge is -2.24. The average molecular weight is 724 g/mol. The monoisotopic (exact) mass is 723 g/mol. The first-order chi connectivity index (χ1) is 24.7. The van der Waals surface area contributed by atoms with Gasteiger partial charge in [-0.05, 0) is 60.7 Å². The molecule has 3 amide bonds. The summed E-state index contributed by atoms with van der Waals surface area (Å²) in [5.74, 6) is -8.96. The fourth-order valence-corrected chi connectivity index (χ4v) is 4.14. The minimum Gasteiger partial charge on any atom is -0.493 e. The normalized spacial score (nSPS) is 11.4. The Bertz CT molecular complexity index is 1870. The molecule has 0 aromatic heterocycles. The number of benzene rings is 3. The topological polar surface area (TPSA) is 248 Å². The Balaban J connectivity index is 1.92. The number of amides is 3. The molecule has 0 unspecified atom stereocenters. The Morgan fingerprint density at radius 2 is 1.10 bits per heavy atom. The summed E-state index contributed by atoms with van der Waals surface area (Å²) < 4.78 is 30.6. The Labute approximate surface area is 295 Å². The Kier molecular flexibility index (Phi) is 13.8. The van der Waals surface area contributed by atoms with E-state index < -0.39 is 53.9 Å². The lowest BCUT2D eigenvalue weighted by Crippen LogP contribution is -2.54. The molecule has 0 saturated carbocycles. The maximum absolute atomic E-state index is 13.4. The van der Waals surface area contributed by atoms with Crippen molar-refractivity contribution in [3.05, 3.63) is 77.4 Å². The molecule has 0 aliphatic carbocycles. The molecular weight excluding hydrogens is 690 g/mol. The maximum atomic E-state index is 13.4. The summed E-state index contributed by atoms with van der Waals surface area (Å²) in [6.07, 6.45) is -4.74. The summed E-state index contributed by atoms with van der Waals surface area (Å²) in [4.78, 5) is 99.5. The van der Waals surface area contributed by atoms with Gasteiger partial charge < -0.3 is 38.8 Å². The number of hydrazine groups is 1. The SMILES string of the molecule is CCC(=O)Nc1ccc(C(=O)NNC(=O)[C@@H](OC(=O)c2ccc(OC(C)=O)c(OC)c2)[C@@H](OC(=O)c2ccc(OC(C)=O)c(OC)c2)C(=O)O)cc1. The third-order valence-corrected chi connectivity index (χ3v) is 6.60. The molecule has 0 heterocycles. The summed E-state index contributed by atoms with van der Waals surface area (Å²) in [6.45, 7) is 3.91. The smallest absolute Gasteiger partial charge is 0.349 e. The van der Waals surface area contributed by atoms with Crippen molar-refractivity contribution in [3.63, 3.8) is 0 Å². The van der Waals surface area contributed by atoms with Crippen LogP contribution in [0.1, 0.15) is 58.3 Å². The number of rotatable bonds is 14. The van der Waals surface area contributed by atoms with E-state index in [1.807, 2.05) is 10.9 Å². The second-order valence-corrected chi connectivity index (χ2v) is 10.3. The number of nitrogens with one attached hydrogen (secondary N) is 3. The van der Waals surface area contributed by atoms with E-state index in [9.17, 15) is 43.5 Å². The van der Waals surface area contributed by atoms with Crippen LogP contribution in [0.5, 0.6) is 23.0 Å². The van der Waals surface area contributed by atoms with Crippen molar-refractivity contribution in [2.24, 2.45) is 0 Å². The zero-order valence-corrected chi connectivity index (χ0v) is 28.3. The molecule has 18 heteroatoms. The Morgan fingerprint density at radius 1 is 0.635 bits per heavy atom. The molecule has 3 aromatic rings. The molecule has 4 N–H and O–H groups in total. The van der Waals surface area contributed by atoms with Crippen LogP contribution in [0.3, 0.4) is 0 Å². The van der Waals surface area contributed by atoms with E-state index >= 15 is 0 Å². The van der Waals surface area contributed by atoms with Crippen LogP contribution in [0, 0.1) is 0 Å². The van der Waals surface area contributed by atoms with Gasteiger partial charge in [0.25, 0.3) is 11.8 Å². The van der Waals surface area contributed by atoms with Gasteiger partial charge in [0, 0.05) is 31.5 Å². The average Bonchev–Trinajstić information content (AvgIpc) is 3.11. The molecule has 52 heavy (non-hydrogen) atoms. The van der Waals surface area contributed by atoms with Crippen LogP contribution in [0.2, 0.25) is 0 Å². The summed E-state index contributed by atoms with van der Waals surface area (Å²) >= 11 is 0. The molecule has 3 rings (SSSR count). The Morgan fingerprint density at radius 3 is 1.52 bits per heavy atom. The summed E-state index contributed by atoms with van der Waals surface area (Å²) in [6, 6.07) is 12.2. The molecule has 0 saturated heterocycles. The lowest BCUT2D eigenvalue weighted by molar-refractivity contribution is -0.159. The minimum absolute atomic E-state index is 0.00401. The molecular formula is C34H33N3O15. The summed E-state index contributed by atoms with van der Waals surface area (Å²) in [5.41, 5.74) is 3.75. The minimum atomic E-state index is -2.52. The van der Waals surface area contributed by atoms with Crippen molar-refractivity contribution in [3.8, 4) is 23.0 Å². The van der Waals surface area contributed by atoms with E-state index in [2.05, 4.69) is 5.32 Å². The molecule has 0 aliphatic rings. The highest BCUT2D eigenvalue weighted by Gasteiger charge is 2.41. The standard InChI is InChI=1S/C34H33N3O15/c1-6-27(40)35-22-11-7-19(8-12-22)30(41)36-37-31(42)28(51-33(45)20-9-13-23(49-17(2)38)25(15-20)47-4)29(32(43)44)52-34(46)21-10-14-24(50-18(3)39)26(16-21)48-5/h7-16,28-29H,6H2,1-5H3,(H,35,40)(H,36,41)(H,37,42)(H,43,44)/t28-,29+/m0/s1. The van der Waals surface area contributed by atoms with Crippen molar-refractivity contribution in [1.29, 1.82) is 0 Å². The van der Waals surface area contributed by atoms with E-state index in [1.54, 1.807) is 6.92 Å². The zero-order valence-electron chi connectivity index (χ0n) is 28.3. The fraction of sp³-hybridized carbons (Fsp3) is 0.235. The number of anilines is 1. The van der Waals surface area contributed by atoms with Crippen LogP contribution in [0.15, 0.2) is 60.7 Å². The van der Waals surface area contributed by atoms with E-state index in [0.717, 1.165) is 38.1 Å². The van der Waals surface area contributed by atoms with Crippen molar-refractivity contribution in [2.75, 3.05) is 19.5 Å². The fourth-order valence-electron chi connectivity index (χ4n) is 4.14. The number of carbonyl (C=O) groups excluding carboxylic acids is 7. The number of ether oxygens (including phenoxy) is 6. The van der Waals surface area contributed by atoms with Gasteiger partial charge in [-0.1, -0.05) is 6.92 Å². The number of carbonyl (C=O) groups is 8. The largest absolute Gasteiger partial charge is 0.493 e. The molecule has 0 spiro atoms. The molecule has 0 radical (unpaired) electrons. The molecule has 0 fully saturated rings. The van der Waals surface area contributed by atoms with E-state index in [4.69, 9.17) is 28.4 Å². The van der Waals surface area contributed by atoms with Crippen LogP contribution >= 0.6 is 0 Å². The predicted molar refractivity (Wildman–Crippen MR) is 176 cm³/mol. The van der Waals surface area contributed by atoms with Gasteiger partial charge in [-0.25, -0.2) is 14.4 Å². The van der Waals surface area contributed by atoms with Crippen molar-refractivity contribution < 1.29 is 71.9 Å². The number of carboxylic acids is 1. The van der Waals surface area contributed by atoms with Gasteiger partial charge >= 0.3 is 29.8 Å². The number of aliphatic carboxylic acids is 1. The maximum Gasteiger partial charge on any atom is 0.349 e. The first kappa shape index (κ1) is 39.5. The van der Waals surface area contributed by atoms with Crippen LogP contribution in [0.25, 0.3) is 0 Å². The van der Waals surface area contributed by atoms with Crippen LogP contribution in [0.4, 0.5) is 5.69 Å². The van der Waals surface area contributed by atoms with Gasteiger partial charge in [-0.3, -0.25) is 34.8 Å². The lowest BCUT2D eigenvalue weighted by atomic mass is 10.1. The highest BCUT2D eigenvalue weighted by Crippen LogP contribution is 2.30. The van der Waals surface area contributed by atoms with Crippen LogP contribution in [-0.2, 0) is 33.4 Å². The second-order valence-electron chi connectivity index (χ2n) is 10.3. The highest BCUT2D eigenvalue weighted by molar-refractivity contribution is 6.00. The van der Waals surface area contributed by atoms with Crippen LogP contribution in [-0.4, -0.2) is 79.1 Å². The number of methoxy groups -OCH3 is 2. The number of carboxylic acid groups (broad SMARTS) is 1. The number of esters is 4. The molecule has 2 atom stereocenters. The van der Waals surface area contributed by atoms with Gasteiger partial charge in [-0.2, -0.15) is 0 Å². The number of hydrogen-bond acceptors (Lipinski definition) is 14. The summed E-state index contributed by atoms with van der Waals surface area (Å²) in [7, 11) is 2.41. The van der Waals surface area contributed by atoms with Crippen LogP contribution < -0.4 is 35.1 Å². The second kappa shape index (κ2) is 18.1. The third kappa shape index (κ3) is 10.8. The van der Waals surface area contributed by atoms with Gasteiger partial charge in [-0.15, -0.1) is 0 Å². The predicted octanol–water partition coefficient (Wildman–Crippen LogP) is 2.20. The van der Waals surface area contributed by atoms with E-state index in [0.29, 0.717) is 5.69 Å². The molecule has 274 valence electrons. The van der Waals surface area contributed by atoms with E-state index in [1.165, 1.54) is 50.6 Å². The van der Waals surface area contributed by atoms with E-state index in [-0.39, 0.29) is 52.0 Å². The van der Waals surface area contributed by atoms with Gasteiger partial charge in [0.05, 0.1) is 25.3 Å². The summed E-state index contributed by atoms with van der Waals surface area (Å²) in [5, 5.41) is 12.7. The van der Waals surface area contributed by atoms with Gasteiger partial charge in [0.2, 0.25) is 18.1 Å². The first-order valence-corrected chi connectivity index (χ1v) is 15.0. The number of hydrogen-bond donors (Lipinski definition) is 4. The van der Waals surface area contributed by atoms with Crippen molar-refractivity contribution in [1.82, 2.24) is 10.9 Å². The van der Waals surface area contributed by atoms with Crippen molar-refractivity contribution >= 4 is 53.3 Å². The molecule has 3 aromatic carbocycles.